The van der Waals surface area contributed by atoms with E-state index in [1.165, 1.54) is 6.07 Å². The first-order valence-corrected chi connectivity index (χ1v) is 7.45. The van der Waals surface area contributed by atoms with E-state index in [4.69, 9.17) is 4.42 Å². The van der Waals surface area contributed by atoms with Gasteiger partial charge in [-0.1, -0.05) is 31.2 Å². The number of para-hydroxylation sites is 1. The average Bonchev–Trinajstić information content (AvgIpc) is 2.91. The number of carbonyl (C=O) groups excluding carboxylic acids is 1. The van der Waals surface area contributed by atoms with Crippen LogP contribution in [0.25, 0.3) is 11.1 Å². The van der Waals surface area contributed by atoms with Gasteiger partial charge in [-0.25, -0.2) is 9.37 Å². The van der Waals surface area contributed by atoms with Gasteiger partial charge in [0.1, 0.15) is 11.3 Å². The van der Waals surface area contributed by atoms with Gasteiger partial charge < -0.3 is 9.73 Å². The van der Waals surface area contributed by atoms with Gasteiger partial charge in [0.05, 0.1) is 5.69 Å². The zero-order valence-electron chi connectivity index (χ0n) is 13.0. The maximum Gasteiger partial charge on any atom is 0.227 e. The molecule has 3 rings (SSSR count). The van der Waals surface area contributed by atoms with Crippen LogP contribution in [0.15, 0.2) is 46.9 Å². The highest BCUT2D eigenvalue weighted by Crippen LogP contribution is 2.25. The molecule has 1 unspecified atom stereocenters. The van der Waals surface area contributed by atoms with Gasteiger partial charge in [-0.2, -0.15) is 0 Å². The Bertz CT molecular complexity index is 857. The van der Waals surface area contributed by atoms with Crippen LogP contribution in [0.3, 0.4) is 0 Å². The van der Waals surface area contributed by atoms with Crippen molar-refractivity contribution in [3.8, 4) is 0 Å². The summed E-state index contributed by atoms with van der Waals surface area (Å²) in [6.45, 7) is 3.53. The first kappa shape index (κ1) is 15.2. The minimum absolute atomic E-state index is 0.185. The Morgan fingerprint density at radius 3 is 2.83 bits per heavy atom. The van der Waals surface area contributed by atoms with Crippen LogP contribution in [0.1, 0.15) is 18.4 Å². The molecule has 0 aliphatic heterocycles. The Hall–Kier alpha value is -2.69. The van der Waals surface area contributed by atoms with E-state index in [-0.39, 0.29) is 17.6 Å². The Morgan fingerprint density at radius 1 is 1.26 bits per heavy atom. The van der Waals surface area contributed by atoms with Gasteiger partial charge in [-0.3, -0.25) is 4.79 Å². The molecule has 1 heterocycles. The smallest absolute Gasteiger partial charge is 0.227 e. The van der Waals surface area contributed by atoms with Crippen molar-refractivity contribution in [3.63, 3.8) is 0 Å². The molecule has 1 aromatic heterocycles. The fraction of sp³-hybridized carbons (Fsp3) is 0.222. The Balaban J connectivity index is 1.76. The lowest BCUT2D eigenvalue weighted by Crippen LogP contribution is -2.22. The quantitative estimate of drug-likeness (QED) is 0.789. The first-order valence-electron chi connectivity index (χ1n) is 7.45. The summed E-state index contributed by atoms with van der Waals surface area (Å²) in [5, 5.41) is 2.84. The normalized spacial score (nSPS) is 12.3. The van der Waals surface area contributed by atoms with Gasteiger partial charge >= 0.3 is 0 Å². The molecule has 1 atom stereocenters. The van der Waals surface area contributed by atoms with E-state index in [2.05, 4.69) is 10.3 Å². The highest BCUT2D eigenvalue weighted by atomic mass is 19.1. The van der Waals surface area contributed by atoms with E-state index in [1.54, 1.807) is 44.2 Å². The first-order chi connectivity index (χ1) is 11.0. The van der Waals surface area contributed by atoms with Gasteiger partial charge in [-0.15, -0.1) is 0 Å². The fourth-order valence-corrected chi connectivity index (χ4v) is 2.50. The molecule has 0 aliphatic carbocycles. The molecule has 1 amide bonds. The lowest BCUT2D eigenvalue weighted by atomic mass is 10.00. The van der Waals surface area contributed by atoms with Gasteiger partial charge in [0.25, 0.3) is 0 Å². The van der Waals surface area contributed by atoms with Crippen molar-refractivity contribution >= 4 is 22.7 Å². The predicted molar refractivity (Wildman–Crippen MR) is 86.6 cm³/mol. The minimum atomic E-state index is -0.369. The second-order valence-electron chi connectivity index (χ2n) is 5.57. The van der Waals surface area contributed by atoms with Gasteiger partial charge in [-0.05, 0) is 30.2 Å². The summed E-state index contributed by atoms with van der Waals surface area (Å²) in [6.07, 6.45) is 0.337. The summed E-state index contributed by atoms with van der Waals surface area (Å²) >= 11 is 0. The van der Waals surface area contributed by atoms with Gasteiger partial charge in [0, 0.05) is 12.8 Å². The van der Waals surface area contributed by atoms with E-state index in [9.17, 15) is 9.18 Å². The van der Waals surface area contributed by atoms with Crippen LogP contribution in [0, 0.1) is 18.7 Å². The van der Waals surface area contributed by atoms with E-state index < -0.39 is 0 Å². The van der Waals surface area contributed by atoms with Crippen molar-refractivity contribution in [2.45, 2.75) is 20.3 Å². The maximum absolute atomic E-state index is 13.7. The van der Waals surface area contributed by atoms with Crippen LogP contribution in [0.4, 0.5) is 10.1 Å². The second kappa shape index (κ2) is 6.20. The van der Waals surface area contributed by atoms with Crippen LogP contribution < -0.4 is 5.32 Å². The van der Waals surface area contributed by atoms with E-state index in [1.807, 2.05) is 6.07 Å². The average molecular weight is 312 g/mol. The number of amides is 1. The fourth-order valence-electron chi connectivity index (χ4n) is 2.50. The third kappa shape index (κ3) is 3.23. The lowest BCUT2D eigenvalue weighted by Gasteiger charge is -2.13. The van der Waals surface area contributed by atoms with Crippen molar-refractivity contribution < 1.29 is 13.6 Å². The van der Waals surface area contributed by atoms with Gasteiger partial charge in [0.2, 0.25) is 5.91 Å². The maximum atomic E-state index is 13.7. The molecule has 3 aromatic rings. The Morgan fingerprint density at radius 2 is 2.04 bits per heavy atom. The summed E-state index contributed by atoms with van der Waals surface area (Å²) in [5.74, 6) is -0.304. The lowest BCUT2D eigenvalue weighted by molar-refractivity contribution is -0.119. The molecule has 0 radical (unpaired) electrons. The van der Waals surface area contributed by atoms with Crippen molar-refractivity contribution in [3.05, 3.63) is 59.7 Å². The number of nitrogens with one attached hydrogen (secondary N) is 1. The molecular weight excluding hydrogens is 295 g/mol. The molecule has 23 heavy (non-hydrogen) atoms. The molecule has 0 saturated heterocycles. The summed E-state index contributed by atoms with van der Waals surface area (Å²) in [4.78, 5) is 16.6. The summed E-state index contributed by atoms with van der Waals surface area (Å²) in [5.41, 5.74) is 2.36. The molecule has 4 nitrogen and oxygen atoms in total. The largest absolute Gasteiger partial charge is 0.439 e. The van der Waals surface area contributed by atoms with Crippen LogP contribution >= 0.6 is 0 Å². The zero-order valence-corrected chi connectivity index (χ0v) is 13.0. The highest BCUT2D eigenvalue weighted by molar-refractivity contribution is 5.99. The number of nitrogens with zero attached hydrogens (tertiary/aromatic N) is 1. The van der Waals surface area contributed by atoms with Crippen molar-refractivity contribution in [1.82, 2.24) is 4.98 Å². The number of halogens is 1. The highest BCUT2D eigenvalue weighted by Gasteiger charge is 2.17. The van der Waals surface area contributed by atoms with Gasteiger partial charge in [0.15, 0.2) is 11.5 Å². The van der Waals surface area contributed by atoms with Crippen molar-refractivity contribution in [2.75, 3.05) is 5.32 Å². The number of oxazole rings is 1. The molecule has 5 heteroatoms. The third-order valence-electron chi connectivity index (χ3n) is 3.71. The van der Waals surface area contributed by atoms with Crippen LogP contribution in [-0.4, -0.2) is 10.9 Å². The number of carbonyl (C=O) groups is 1. The number of aromatic nitrogens is 1. The number of hydrogen-bond acceptors (Lipinski definition) is 3. The Labute approximate surface area is 133 Å². The van der Waals surface area contributed by atoms with Crippen molar-refractivity contribution in [2.24, 2.45) is 5.92 Å². The van der Waals surface area contributed by atoms with Crippen LogP contribution in [0.2, 0.25) is 0 Å². The SMILES string of the molecule is Cc1nc2cccc(NC(=O)C(C)Cc3ccccc3F)c2o1. The van der Waals surface area contributed by atoms with Crippen LogP contribution in [-0.2, 0) is 11.2 Å². The molecule has 0 fully saturated rings. The van der Waals surface area contributed by atoms with Crippen molar-refractivity contribution in [1.29, 1.82) is 0 Å². The van der Waals surface area contributed by atoms with E-state index in [0.717, 1.165) is 0 Å². The van der Waals surface area contributed by atoms with Crippen LogP contribution in [0.5, 0.6) is 0 Å². The number of benzene rings is 2. The monoisotopic (exact) mass is 312 g/mol. The molecule has 118 valence electrons. The number of rotatable bonds is 4. The molecule has 1 N–H and O–H groups in total. The second-order valence-corrected chi connectivity index (χ2v) is 5.57. The zero-order chi connectivity index (χ0) is 16.4. The molecule has 2 aromatic carbocycles. The standard InChI is InChI=1S/C18H17FN2O2/c1-11(10-13-6-3-4-7-14(13)19)18(22)21-16-9-5-8-15-17(16)23-12(2)20-15/h3-9,11H,10H2,1-2H3,(H,21,22). The number of aryl methyl sites for hydroxylation is 1. The number of anilines is 1. The third-order valence-corrected chi connectivity index (χ3v) is 3.71. The topological polar surface area (TPSA) is 55.1 Å². The predicted octanol–water partition coefficient (Wildman–Crippen LogP) is 4.09. The minimum Gasteiger partial charge on any atom is -0.439 e. The van der Waals surface area contributed by atoms with E-state index >= 15 is 0 Å². The molecular formula is C18H17FN2O2. The summed E-state index contributed by atoms with van der Waals surface area (Å²) in [6, 6.07) is 11.9. The number of fused-ring (bicyclic) bond motifs is 1. The number of hydrogen-bond donors (Lipinski definition) is 1. The van der Waals surface area contributed by atoms with E-state index in [0.29, 0.717) is 34.7 Å². The molecule has 0 bridgehead atoms. The molecule has 0 saturated carbocycles. The molecule has 0 aliphatic rings. The summed E-state index contributed by atoms with van der Waals surface area (Å²) < 4.78 is 19.2. The summed E-state index contributed by atoms with van der Waals surface area (Å²) in [7, 11) is 0. The molecule has 0 spiro atoms. The Kier molecular flexibility index (Phi) is 4.10.